The smallest absolute Gasteiger partial charge is 0.408 e. The maximum Gasteiger partial charge on any atom is 0.408 e. The number of carbonyl (C=O) groups excluding carboxylic acids is 2. The Hall–Kier alpha value is -3.87. The van der Waals surface area contributed by atoms with Crippen LogP contribution in [-0.4, -0.2) is 22.7 Å². The molecule has 5 rings (SSSR count). The van der Waals surface area contributed by atoms with Crippen molar-refractivity contribution in [3.05, 3.63) is 71.9 Å². The minimum atomic E-state index is -0.542. The number of nitrogens with zero attached hydrogens (tertiary/aromatic N) is 1. The van der Waals surface area contributed by atoms with Crippen molar-refractivity contribution in [2.75, 3.05) is 5.32 Å². The molecule has 180 valence electrons. The van der Waals surface area contributed by atoms with Crippen LogP contribution in [0.1, 0.15) is 51.3 Å². The van der Waals surface area contributed by atoms with E-state index in [0.29, 0.717) is 6.54 Å². The van der Waals surface area contributed by atoms with Gasteiger partial charge in [-0.3, -0.25) is 0 Å². The first-order chi connectivity index (χ1) is 16.7. The Morgan fingerprint density at radius 2 is 1.74 bits per heavy atom. The Morgan fingerprint density at radius 1 is 1.03 bits per heavy atom. The molecule has 2 heterocycles. The normalized spacial score (nSPS) is 16.3. The summed E-state index contributed by atoms with van der Waals surface area (Å²) in [6, 6.07) is 20.1. The quantitative estimate of drug-likeness (QED) is 0.439. The van der Waals surface area contributed by atoms with Gasteiger partial charge in [-0.15, -0.1) is 0 Å². The van der Waals surface area contributed by atoms with Crippen molar-refractivity contribution in [3.8, 4) is 22.4 Å². The second kappa shape index (κ2) is 8.73. The number of alkyl carbamates (subject to hydrolysis) is 1. The number of fused-ring (bicyclic) bond motifs is 1. The molecule has 0 bridgehead atoms. The maximum absolute atomic E-state index is 12.5. The lowest BCUT2D eigenvalue weighted by atomic mass is 9.71. The van der Waals surface area contributed by atoms with Crippen LogP contribution in [0.4, 0.5) is 15.3 Å². The zero-order valence-electron chi connectivity index (χ0n) is 20.3. The van der Waals surface area contributed by atoms with Gasteiger partial charge in [-0.2, -0.15) is 0 Å². The number of amides is 3. The van der Waals surface area contributed by atoms with E-state index in [1.807, 2.05) is 57.2 Å². The van der Waals surface area contributed by atoms with Crippen molar-refractivity contribution >= 4 is 17.8 Å². The lowest BCUT2D eigenvalue weighted by Gasteiger charge is -2.43. The van der Waals surface area contributed by atoms with E-state index in [4.69, 9.17) is 9.72 Å². The van der Waals surface area contributed by atoms with E-state index < -0.39 is 17.2 Å². The number of benzene rings is 2. The van der Waals surface area contributed by atoms with Crippen LogP contribution < -0.4 is 16.0 Å². The van der Waals surface area contributed by atoms with Gasteiger partial charge in [0, 0.05) is 11.1 Å². The van der Waals surface area contributed by atoms with Crippen LogP contribution in [0.2, 0.25) is 0 Å². The predicted molar refractivity (Wildman–Crippen MR) is 136 cm³/mol. The van der Waals surface area contributed by atoms with Gasteiger partial charge < -0.3 is 20.7 Å². The molecule has 2 aromatic carbocycles. The minimum Gasteiger partial charge on any atom is -0.444 e. The zero-order valence-corrected chi connectivity index (χ0v) is 20.3. The summed E-state index contributed by atoms with van der Waals surface area (Å²) in [5.41, 5.74) is 5.43. The van der Waals surface area contributed by atoms with E-state index >= 15 is 0 Å². The third-order valence-electron chi connectivity index (χ3n) is 6.51. The third-order valence-corrected chi connectivity index (χ3v) is 6.51. The number of anilines is 1. The Labute approximate surface area is 205 Å². The SMILES string of the molecule is CC(C)(C)OC(=O)NC1(c2ccc(-c3nc4c(cc3-c3ccccc3)NC(=O)NC4)cc2)CCC1. The molecule has 1 saturated carbocycles. The average molecular weight is 471 g/mol. The van der Waals surface area contributed by atoms with Crippen LogP contribution in [0.15, 0.2) is 60.7 Å². The van der Waals surface area contributed by atoms with Crippen LogP contribution in [-0.2, 0) is 16.8 Å². The molecule has 0 atom stereocenters. The predicted octanol–water partition coefficient (Wildman–Crippen LogP) is 5.95. The molecule has 3 amide bonds. The monoisotopic (exact) mass is 470 g/mol. The molecule has 3 aromatic rings. The van der Waals surface area contributed by atoms with Crippen LogP contribution >= 0.6 is 0 Å². The van der Waals surface area contributed by atoms with Crippen molar-refractivity contribution in [1.29, 1.82) is 0 Å². The molecule has 0 unspecified atom stereocenters. The summed E-state index contributed by atoms with van der Waals surface area (Å²) in [6.45, 7) is 5.98. The standard InChI is InChI=1S/C28H30N4O3/c1-27(2,3)35-26(34)32-28(14-7-15-28)20-12-10-19(11-13-20)24-21(18-8-5-4-6-9-18)16-22-23(30-24)17-29-25(33)31-22/h4-6,8-13,16H,7,14-15,17H2,1-3H3,(H,32,34)(H2,29,31,33). The molecule has 7 nitrogen and oxygen atoms in total. The van der Waals surface area contributed by atoms with Gasteiger partial charge in [0.25, 0.3) is 0 Å². The molecule has 1 aliphatic heterocycles. The molecular weight excluding hydrogens is 440 g/mol. The molecule has 1 aromatic heterocycles. The second-order valence-corrected chi connectivity index (χ2v) is 10.2. The van der Waals surface area contributed by atoms with E-state index in [-0.39, 0.29) is 6.03 Å². The largest absolute Gasteiger partial charge is 0.444 e. The van der Waals surface area contributed by atoms with Crippen molar-refractivity contribution in [2.24, 2.45) is 0 Å². The first-order valence-corrected chi connectivity index (χ1v) is 12.0. The first kappa shape index (κ1) is 22.9. The lowest BCUT2D eigenvalue weighted by molar-refractivity contribution is 0.0377. The fraction of sp³-hybridized carbons (Fsp3) is 0.321. The van der Waals surface area contributed by atoms with E-state index in [1.165, 1.54) is 0 Å². The van der Waals surface area contributed by atoms with E-state index in [2.05, 4.69) is 40.2 Å². The summed E-state index contributed by atoms with van der Waals surface area (Å²) in [7, 11) is 0. The summed E-state index contributed by atoms with van der Waals surface area (Å²) in [4.78, 5) is 29.3. The van der Waals surface area contributed by atoms with Gasteiger partial charge in [-0.25, -0.2) is 14.6 Å². The molecule has 2 aliphatic rings. The highest BCUT2D eigenvalue weighted by atomic mass is 16.6. The Kier molecular flexibility index (Phi) is 5.71. The molecule has 0 radical (unpaired) electrons. The van der Waals surface area contributed by atoms with Crippen molar-refractivity contribution in [3.63, 3.8) is 0 Å². The van der Waals surface area contributed by atoms with Gasteiger partial charge in [0.1, 0.15) is 5.60 Å². The third kappa shape index (κ3) is 4.71. The number of aromatic nitrogens is 1. The Bertz CT molecular complexity index is 1260. The number of pyridine rings is 1. The highest BCUT2D eigenvalue weighted by Crippen LogP contribution is 2.42. The number of ether oxygens (including phenoxy) is 1. The van der Waals surface area contributed by atoms with Gasteiger partial charge in [0.2, 0.25) is 0 Å². The zero-order chi connectivity index (χ0) is 24.6. The fourth-order valence-corrected chi connectivity index (χ4v) is 4.65. The van der Waals surface area contributed by atoms with E-state index in [0.717, 1.165) is 58.6 Å². The highest BCUT2D eigenvalue weighted by molar-refractivity contribution is 5.94. The van der Waals surface area contributed by atoms with Crippen LogP contribution in [0.5, 0.6) is 0 Å². The lowest BCUT2D eigenvalue weighted by Crippen LogP contribution is -2.52. The number of rotatable bonds is 4. The van der Waals surface area contributed by atoms with Gasteiger partial charge in [0.15, 0.2) is 0 Å². The molecule has 3 N–H and O–H groups in total. The summed E-state index contributed by atoms with van der Waals surface area (Å²) < 4.78 is 5.51. The topological polar surface area (TPSA) is 92.3 Å². The second-order valence-electron chi connectivity index (χ2n) is 10.2. The molecule has 7 heteroatoms. The van der Waals surface area contributed by atoms with Crippen molar-refractivity contribution in [1.82, 2.24) is 15.6 Å². The van der Waals surface area contributed by atoms with Crippen molar-refractivity contribution in [2.45, 2.75) is 57.7 Å². The van der Waals surface area contributed by atoms with Crippen molar-refractivity contribution < 1.29 is 14.3 Å². The molecular formula is C28H30N4O3. The Balaban J connectivity index is 1.49. The number of carbonyl (C=O) groups is 2. The van der Waals surface area contributed by atoms with Gasteiger partial charge >= 0.3 is 12.1 Å². The number of nitrogens with one attached hydrogen (secondary N) is 3. The molecule has 1 aliphatic carbocycles. The van der Waals surface area contributed by atoms with Gasteiger partial charge in [0.05, 0.1) is 29.2 Å². The van der Waals surface area contributed by atoms with E-state index in [1.54, 1.807) is 0 Å². The Morgan fingerprint density at radius 3 is 2.37 bits per heavy atom. The summed E-state index contributed by atoms with van der Waals surface area (Å²) in [5, 5.41) is 8.77. The first-order valence-electron chi connectivity index (χ1n) is 12.0. The van der Waals surface area contributed by atoms with Gasteiger partial charge in [-0.1, -0.05) is 54.6 Å². The van der Waals surface area contributed by atoms with Crippen LogP contribution in [0.3, 0.4) is 0 Å². The molecule has 35 heavy (non-hydrogen) atoms. The van der Waals surface area contributed by atoms with E-state index in [9.17, 15) is 9.59 Å². The summed E-state index contributed by atoms with van der Waals surface area (Å²) >= 11 is 0. The molecule has 1 fully saturated rings. The molecule has 0 spiro atoms. The number of urea groups is 1. The molecule has 0 saturated heterocycles. The minimum absolute atomic E-state index is 0.223. The summed E-state index contributed by atoms with van der Waals surface area (Å²) in [6.07, 6.45) is 2.42. The fourth-order valence-electron chi connectivity index (χ4n) is 4.65. The summed E-state index contributed by atoms with van der Waals surface area (Å²) in [5.74, 6) is 0. The highest BCUT2D eigenvalue weighted by Gasteiger charge is 2.41. The average Bonchev–Trinajstić information content (AvgIpc) is 2.80. The van der Waals surface area contributed by atoms with Crippen LogP contribution in [0, 0.1) is 0 Å². The van der Waals surface area contributed by atoms with Gasteiger partial charge in [-0.05, 0) is 57.2 Å². The maximum atomic E-state index is 12.5. The van der Waals surface area contributed by atoms with Crippen LogP contribution in [0.25, 0.3) is 22.4 Å². The number of hydrogen-bond donors (Lipinski definition) is 3. The number of hydrogen-bond acceptors (Lipinski definition) is 4.